The van der Waals surface area contributed by atoms with Gasteiger partial charge in [0.2, 0.25) is 0 Å². The van der Waals surface area contributed by atoms with Crippen molar-refractivity contribution in [2.24, 2.45) is 10.8 Å². The molecule has 0 unspecified atom stereocenters. The summed E-state index contributed by atoms with van der Waals surface area (Å²) in [5, 5.41) is 15.4. The molecule has 7 rings (SSSR count). The van der Waals surface area contributed by atoms with E-state index < -0.39 is 12.0 Å². The molecular weight excluding hydrogens is 464 g/mol. The minimum absolute atomic E-state index is 0.0265. The van der Waals surface area contributed by atoms with Crippen molar-refractivity contribution in [3.05, 3.63) is 28.2 Å². The summed E-state index contributed by atoms with van der Waals surface area (Å²) >= 11 is 1.08. The molecule has 0 atom stereocenters. The summed E-state index contributed by atoms with van der Waals surface area (Å²) in [6.45, 7) is 5.55. The topological polar surface area (TPSA) is 90.6 Å². The van der Waals surface area contributed by atoms with Crippen molar-refractivity contribution in [3.63, 3.8) is 0 Å². The number of hydrogen-bond donors (Lipinski definition) is 1. The zero-order valence-electron chi connectivity index (χ0n) is 18.7. The number of likely N-dealkylation sites (tertiary alicyclic amines) is 3. The van der Waals surface area contributed by atoms with Gasteiger partial charge in [0.15, 0.2) is 5.82 Å². The third-order valence-corrected chi connectivity index (χ3v) is 9.26. The Morgan fingerprint density at radius 1 is 1.09 bits per heavy atom. The van der Waals surface area contributed by atoms with Crippen molar-refractivity contribution in [3.8, 4) is 0 Å². The Hall–Kier alpha value is -2.18. The van der Waals surface area contributed by atoms with Crippen LogP contribution in [0.3, 0.4) is 0 Å². The zero-order chi connectivity index (χ0) is 23.3. The van der Waals surface area contributed by atoms with E-state index in [-0.39, 0.29) is 21.7 Å². The molecule has 3 saturated heterocycles. The largest absolute Gasteiger partial charge is 0.382 e. The van der Waals surface area contributed by atoms with E-state index in [1.807, 2.05) is 14.5 Å². The van der Waals surface area contributed by atoms with Crippen LogP contribution < -0.4 is 0 Å². The molecule has 2 aromatic rings. The summed E-state index contributed by atoms with van der Waals surface area (Å²) in [5.41, 5.74) is -0.417. The highest BCUT2D eigenvalue weighted by atomic mass is 32.1. The van der Waals surface area contributed by atoms with Gasteiger partial charge in [0.25, 0.3) is 6.43 Å². The number of hydrogen-bond acceptors (Lipinski definition) is 7. The minimum atomic E-state index is -2.46. The Morgan fingerprint density at radius 3 is 2.38 bits per heavy atom. The van der Waals surface area contributed by atoms with Crippen LogP contribution in [-0.2, 0) is 12.1 Å². The Kier molecular flexibility index (Phi) is 4.32. The lowest BCUT2D eigenvalue weighted by Crippen LogP contribution is -2.75. The predicted molar refractivity (Wildman–Crippen MR) is 117 cm³/mol. The number of thiazole rings is 1. The van der Waals surface area contributed by atoms with Crippen LogP contribution >= 0.6 is 11.3 Å². The van der Waals surface area contributed by atoms with Gasteiger partial charge in [-0.1, -0.05) is 0 Å². The summed E-state index contributed by atoms with van der Waals surface area (Å²) in [7, 11) is 0. The maximum atomic E-state index is 12.9. The van der Waals surface area contributed by atoms with Crippen molar-refractivity contribution in [1.82, 2.24) is 34.4 Å². The molecule has 2 amide bonds. The summed E-state index contributed by atoms with van der Waals surface area (Å²) in [5.74, 6) is 0.546. The van der Waals surface area contributed by atoms with Crippen LogP contribution in [0, 0.1) is 10.8 Å². The van der Waals surface area contributed by atoms with Gasteiger partial charge in [0.1, 0.15) is 16.9 Å². The normalized spacial score (nSPS) is 26.4. The van der Waals surface area contributed by atoms with Gasteiger partial charge in [-0.25, -0.2) is 28.2 Å². The maximum Gasteiger partial charge on any atom is 0.320 e. The number of alkyl halides is 2. The number of rotatable bonds is 5. The van der Waals surface area contributed by atoms with Crippen molar-refractivity contribution >= 4 is 17.4 Å². The average molecular weight is 492 g/mol. The number of urea groups is 1. The molecule has 34 heavy (non-hydrogen) atoms. The quantitative estimate of drug-likeness (QED) is 0.690. The number of halogens is 2. The minimum Gasteiger partial charge on any atom is -0.382 e. The third kappa shape index (κ3) is 3.29. The summed E-state index contributed by atoms with van der Waals surface area (Å²) < 4.78 is 27.4. The Labute approximate surface area is 199 Å². The number of carbonyl (C=O) groups excluding carboxylic acids is 1. The van der Waals surface area contributed by atoms with Gasteiger partial charge in [-0.3, -0.25) is 4.90 Å². The van der Waals surface area contributed by atoms with E-state index in [0.717, 1.165) is 81.3 Å². The van der Waals surface area contributed by atoms with Gasteiger partial charge in [-0.2, -0.15) is 5.10 Å². The van der Waals surface area contributed by atoms with Gasteiger partial charge in [-0.05, 0) is 25.7 Å². The fourth-order valence-corrected chi connectivity index (χ4v) is 7.11. The molecule has 2 spiro atoms. The second-order valence-electron chi connectivity index (χ2n) is 11.2. The molecule has 2 aliphatic carbocycles. The van der Waals surface area contributed by atoms with E-state index in [1.165, 1.54) is 6.20 Å². The predicted octanol–water partition coefficient (Wildman–Crippen LogP) is 2.23. The molecule has 1 N–H and O–H groups in total. The second-order valence-corrected chi connectivity index (χ2v) is 12.4. The van der Waals surface area contributed by atoms with E-state index in [1.54, 1.807) is 6.33 Å². The lowest BCUT2D eigenvalue weighted by atomic mass is 9.60. The highest BCUT2D eigenvalue weighted by molar-refractivity contribution is 7.11. The standard InChI is InChI=1S/C22H27F2N7O2S/c23-17(24)15-5-25-16(34-15)6-28-7-21(8-28)11-30(12-21)19(32)29-9-20(10-29)3-14(4-20)31-13-26-18(27-31)22(33)1-2-22/h5,13-14,17,33H,1-4,6-12H2. The van der Waals surface area contributed by atoms with Gasteiger partial charge in [-0.15, -0.1) is 11.3 Å². The number of amides is 2. The fourth-order valence-electron chi connectivity index (χ4n) is 6.29. The van der Waals surface area contributed by atoms with Crippen LogP contribution in [0.15, 0.2) is 12.5 Å². The van der Waals surface area contributed by atoms with Gasteiger partial charge >= 0.3 is 6.03 Å². The van der Waals surface area contributed by atoms with Crippen LogP contribution in [0.4, 0.5) is 13.6 Å². The average Bonchev–Trinajstić information content (AvgIpc) is 3.10. The first-order valence-corrected chi connectivity index (χ1v) is 12.7. The van der Waals surface area contributed by atoms with Crippen molar-refractivity contribution < 1.29 is 18.7 Å². The first-order chi connectivity index (χ1) is 16.2. The van der Waals surface area contributed by atoms with E-state index in [9.17, 15) is 18.7 Å². The molecule has 0 bridgehead atoms. The molecule has 5 fully saturated rings. The molecule has 3 aliphatic heterocycles. The summed E-state index contributed by atoms with van der Waals surface area (Å²) in [4.78, 5) is 27.4. The zero-order valence-corrected chi connectivity index (χ0v) is 19.6. The maximum absolute atomic E-state index is 12.9. The van der Waals surface area contributed by atoms with Crippen molar-refractivity contribution in [2.45, 2.75) is 50.3 Å². The molecule has 182 valence electrons. The lowest BCUT2D eigenvalue weighted by molar-refractivity contribution is -0.120. The molecule has 0 radical (unpaired) electrons. The van der Waals surface area contributed by atoms with Crippen LogP contribution in [0.1, 0.15) is 53.9 Å². The van der Waals surface area contributed by atoms with Gasteiger partial charge in [0, 0.05) is 56.3 Å². The van der Waals surface area contributed by atoms with Crippen LogP contribution in [0.25, 0.3) is 0 Å². The molecule has 5 heterocycles. The molecule has 9 nitrogen and oxygen atoms in total. The smallest absolute Gasteiger partial charge is 0.320 e. The molecule has 5 aliphatic rings. The Balaban J connectivity index is 0.847. The van der Waals surface area contributed by atoms with Crippen LogP contribution in [0.5, 0.6) is 0 Å². The molecule has 2 saturated carbocycles. The summed E-state index contributed by atoms with van der Waals surface area (Å²) in [6.07, 6.45) is 4.04. The van der Waals surface area contributed by atoms with Crippen LogP contribution in [-0.4, -0.2) is 84.9 Å². The van der Waals surface area contributed by atoms with Crippen molar-refractivity contribution in [1.29, 1.82) is 0 Å². The molecule has 0 aromatic carbocycles. The monoisotopic (exact) mass is 491 g/mol. The second kappa shape index (κ2) is 6.94. The molecule has 12 heteroatoms. The Bertz CT molecular complexity index is 1120. The molecule has 2 aromatic heterocycles. The van der Waals surface area contributed by atoms with Crippen LogP contribution in [0.2, 0.25) is 0 Å². The number of nitrogens with zero attached hydrogens (tertiary/aromatic N) is 7. The molecular formula is C22H27F2N7O2S. The highest BCUT2D eigenvalue weighted by Gasteiger charge is 2.58. The number of aromatic nitrogens is 4. The van der Waals surface area contributed by atoms with Gasteiger partial charge < -0.3 is 14.9 Å². The number of aliphatic hydroxyl groups is 1. The highest BCUT2D eigenvalue weighted by Crippen LogP contribution is 2.55. The fraction of sp³-hybridized carbons (Fsp3) is 0.727. The van der Waals surface area contributed by atoms with E-state index >= 15 is 0 Å². The summed E-state index contributed by atoms with van der Waals surface area (Å²) in [6, 6.07) is 0.447. The lowest BCUT2D eigenvalue weighted by Gasteiger charge is -2.63. The first kappa shape index (κ1) is 21.1. The van der Waals surface area contributed by atoms with Gasteiger partial charge in [0.05, 0.1) is 17.5 Å². The SMILES string of the molecule is O=C(N1CC2(CC(n3cnc(C4(O)CC4)n3)C2)C1)N1CC2(CN(Cc3ncc(C(F)F)s3)C2)C1. The first-order valence-electron chi connectivity index (χ1n) is 11.9. The third-order valence-electron chi connectivity index (χ3n) is 8.27. The number of carbonyl (C=O) groups is 1. The van der Waals surface area contributed by atoms with E-state index in [4.69, 9.17) is 0 Å². The Morgan fingerprint density at radius 2 is 1.76 bits per heavy atom. The van der Waals surface area contributed by atoms with E-state index in [2.05, 4.69) is 20.0 Å². The van der Waals surface area contributed by atoms with Crippen molar-refractivity contribution in [2.75, 3.05) is 39.3 Å². The van der Waals surface area contributed by atoms with E-state index in [0.29, 0.717) is 18.4 Å².